The van der Waals surface area contributed by atoms with E-state index in [1.54, 1.807) is 56.4 Å². The van der Waals surface area contributed by atoms with Crippen LogP contribution < -0.4 is 9.64 Å². The number of anilines is 1. The molecule has 11 heteroatoms. The van der Waals surface area contributed by atoms with E-state index in [1.165, 1.54) is 4.90 Å². The topological polar surface area (TPSA) is 101 Å². The zero-order valence-corrected chi connectivity index (χ0v) is 24.0. The predicted octanol–water partition coefficient (Wildman–Crippen LogP) is 4.91. The number of halogens is 1. The molecule has 0 radical (unpaired) electrons. The van der Waals surface area contributed by atoms with Crippen LogP contribution in [0.1, 0.15) is 50.6 Å². The van der Waals surface area contributed by atoms with Crippen molar-refractivity contribution in [3.63, 3.8) is 0 Å². The van der Waals surface area contributed by atoms with Gasteiger partial charge in [-0.1, -0.05) is 0 Å². The molecule has 214 valence electrons. The number of aromatic nitrogens is 2. The van der Waals surface area contributed by atoms with Crippen LogP contribution in [-0.2, 0) is 4.74 Å². The molecule has 4 heterocycles. The molecule has 2 saturated heterocycles. The fraction of sp³-hybridized carbons (Fsp3) is 0.517. The van der Waals surface area contributed by atoms with Crippen LogP contribution in [0.15, 0.2) is 34.7 Å². The Morgan fingerprint density at radius 2 is 1.85 bits per heavy atom. The van der Waals surface area contributed by atoms with Gasteiger partial charge in [0.25, 0.3) is 5.91 Å². The van der Waals surface area contributed by atoms with Gasteiger partial charge in [0.05, 0.1) is 24.9 Å². The lowest BCUT2D eigenvalue weighted by atomic mass is 9.94. The summed E-state index contributed by atoms with van der Waals surface area (Å²) in [6.07, 6.45) is 0.132. The Morgan fingerprint density at radius 1 is 1.10 bits per heavy atom. The Bertz CT molecular complexity index is 1420. The summed E-state index contributed by atoms with van der Waals surface area (Å²) in [7, 11) is 6.69. The summed E-state index contributed by atoms with van der Waals surface area (Å²) >= 11 is 0. The fourth-order valence-corrected chi connectivity index (χ4v) is 5.68. The number of methoxy groups -OCH3 is 1. The van der Waals surface area contributed by atoms with Crippen molar-refractivity contribution < 1.29 is 27.9 Å². The summed E-state index contributed by atoms with van der Waals surface area (Å²) in [6, 6.07) is 7.79. The van der Waals surface area contributed by atoms with Crippen LogP contribution in [-0.4, -0.2) is 90.1 Å². The van der Waals surface area contributed by atoms with Crippen molar-refractivity contribution in [1.82, 2.24) is 20.0 Å². The first-order chi connectivity index (χ1) is 18.9. The molecule has 2 aliphatic rings. The molecule has 0 spiro atoms. The maximum atomic E-state index is 15.8. The summed E-state index contributed by atoms with van der Waals surface area (Å²) in [5.74, 6) is 1.08. The van der Waals surface area contributed by atoms with Crippen LogP contribution in [0, 0.1) is 0 Å². The molecule has 4 atom stereocenters. The highest BCUT2D eigenvalue weighted by Gasteiger charge is 2.52. The first-order valence-corrected chi connectivity index (χ1v) is 13.4. The summed E-state index contributed by atoms with van der Waals surface area (Å²) < 4.78 is 32.8. The maximum Gasteiger partial charge on any atom is 0.410 e. The van der Waals surface area contributed by atoms with E-state index in [-0.39, 0.29) is 17.7 Å². The van der Waals surface area contributed by atoms with Crippen LogP contribution in [0.5, 0.6) is 5.75 Å². The van der Waals surface area contributed by atoms with E-state index in [1.807, 2.05) is 32.7 Å². The largest absolute Gasteiger partial charge is 0.496 e. The van der Waals surface area contributed by atoms with Gasteiger partial charge in [-0.05, 0) is 70.4 Å². The first kappa shape index (κ1) is 27.7. The number of amides is 2. The lowest BCUT2D eigenvalue weighted by Gasteiger charge is -2.44. The number of fused-ring (bicyclic) bond motifs is 3. The second-order valence-corrected chi connectivity index (χ2v) is 11.7. The summed E-state index contributed by atoms with van der Waals surface area (Å²) in [6.45, 7) is 5.44. The van der Waals surface area contributed by atoms with E-state index in [0.717, 1.165) is 11.8 Å². The minimum absolute atomic E-state index is 0.0833. The summed E-state index contributed by atoms with van der Waals surface area (Å²) in [4.78, 5) is 30.0. The number of carbonyl (C=O) groups is 2. The molecule has 2 bridgehead atoms. The van der Waals surface area contributed by atoms with Crippen LogP contribution in [0.2, 0.25) is 0 Å². The highest BCUT2D eigenvalue weighted by molar-refractivity contribution is 5.97. The molecule has 10 nitrogen and oxygen atoms in total. The number of nitrogens with zero attached hydrogens (tertiary/aromatic N) is 5. The van der Waals surface area contributed by atoms with E-state index < -0.39 is 29.9 Å². The Morgan fingerprint density at radius 3 is 2.48 bits per heavy atom. The number of benzene rings is 1. The maximum absolute atomic E-state index is 15.8. The van der Waals surface area contributed by atoms with Crippen molar-refractivity contribution in [2.45, 2.75) is 69.9 Å². The van der Waals surface area contributed by atoms with Gasteiger partial charge < -0.3 is 23.7 Å². The van der Waals surface area contributed by atoms with Gasteiger partial charge in [-0.2, -0.15) is 0 Å². The smallest absolute Gasteiger partial charge is 0.410 e. The molecule has 0 N–H and O–H groups in total. The van der Waals surface area contributed by atoms with Crippen molar-refractivity contribution in [3.8, 4) is 17.0 Å². The molecule has 2 amide bonds. The monoisotopic (exact) mass is 553 g/mol. The second-order valence-electron chi connectivity index (χ2n) is 11.7. The number of alkyl halides is 1. The highest BCUT2D eigenvalue weighted by atomic mass is 19.1. The van der Waals surface area contributed by atoms with Gasteiger partial charge in [0, 0.05) is 38.1 Å². The van der Waals surface area contributed by atoms with Gasteiger partial charge in [-0.25, -0.2) is 9.18 Å². The molecule has 0 aliphatic carbocycles. The van der Waals surface area contributed by atoms with Crippen molar-refractivity contribution in [1.29, 1.82) is 0 Å². The van der Waals surface area contributed by atoms with E-state index in [9.17, 15) is 9.59 Å². The van der Waals surface area contributed by atoms with E-state index >= 15 is 4.39 Å². The van der Waals surface area contributed by atoms with Crippen LogP contribution in [0.4, 0.5) is 15.0 Å². The quantitative estimate of drug-likeness (QED) is 0.439. The third kappa shape index (κ3) is 5.04. The summed E-state index contributed by atoms with van der Waals surface area (Å²) in [5, 5.41) is 9.56. The standard InChI is InChI=1S/C29H36FN5O5/c1-29(2,3)40-28(37)35-17-8-10-20(35)26(30)21(14-17)34(6)25-11-9-19(31-32-25)18-15-22-16(12-23(18)38-7)13-24(39-22)27(36)33(4)5/h9,11-13,15,17,20-21,26H,8,10,14H2,1-7H3/t17-,20+,21-,26+/m0/s1. The van der Waals surface area contributed by atoms with E-state index in [0.29, 0.717) is 41.2 Å². The number of hydrogen-bond donors (Lipinski definition) is 0. The molecular formula is C29H36FN5O5. The average molecular weight is 554 g/mol. The molecule has 5 rings (SSSR count). The minimum atomic E-state index is -1.25. The van der Waals surface area contributed by atoms with Gasteiger partial charge in [0.15, 0.2) is 11.6 Å². The van der Waals surface area contributed by atoms with Gasteiger partial charge >= 0.3 is 6.09 Å². The number of hydrogen-bond acceptors (Lipinski definition) is 8. The van der Waals surface area contributed by atoms with Gasteiger partial charge in [-0.15, -0.1) is 10.2 Å². The number of carbonyl (C=O) groups excluding carboxylic acids is 2. The lowest BCUT2D eigenvalue weighted by molar-refractivity contribution is -0.0104. The minimum Gasteiger partial charge on any atom is -0.496 e. The molecule has 3 aromatic rings. The van der Waals surface area contributed by atoms with Crippen LogP contribution in [0.25, 0.3) is 22.2 Å². The Hall–Kier alpha value is -3.89. The molecule has 2 aliphatic heterocycles. The average Bonchev–Trinajstić information content (AvgIpc) is 3.48. The number of rotatable bonds is 5. The lowest BCUT2D eigenvalue weighted by Crippen LogP contribution is -2.59. The molecule has 2 aromatic heterocycles. The molecule has 40 heavy (non-hydrogen) atoms. The van der Waals surface area contributed by atoms with Gasteiger partial charge in [-0.3, -0.25) is 9.69 Å². The molecular weight excluding hydrogens is 517 g/mol. The fourth-order valence-electron chi connectivity index (χ4n) is 5.68. The molecule has 0 unspecified atom stereocenters. The predicted molar refractivity (Wildman–Crippen MR) is 148 cm³/mol. The van der Waals surface area contributed by atoms with Gasteiger partial charge in [0.1, 0.15) is 23.1 Å². The van der Waals surface area contributed by atoms with E-state index in [4.69, 9.17) is 13.9 Å². The Labute approximate surface area is 233 Å². The highest BCUT2D eigenvalue weighted by Crippen LogP contribution is 2.41. The first-order valence-electron chi connectivity index (χ1n) is 13.4. The van der Waals surface area contributed by atoms with E-state index in [2.05, 4.69) is 10.2 Å². The Kier molecular flexibility index (Phi) is 7.09. The molecule has 1 aromatic carbocycles. The normalized spacial score (nSPS) is 22.4. The number of ether oxygens (including phenoxy) is 2. The molecule has 2 fully saturated rings. The zero-order valence-electron chi connectivity index (χ0n) is 24.0. The third-order valence-corrected chi connectivity index (χ3v) is 7.64. The zero-order chi connectivity index (χ0) is 28.9. The molecule has 0 saturated carbocycles. The number of furan rings is 1. The van der Waals surface area contributed by atoms with Gasteiger partial charge in [0.2, 0.25) is 0 Å². The van der Waals surface area contributed by atoms with Crippen molar-refractivity contribution >= 4 is 28.8 Å². The van der Waals surface area contributed by atoms with Crippen LogP contribution >= 0.6 is 0 Å². The second kappa shape index (κ2) is 10.3. The van der Waals surface area contributed by atoms with Crippen LogP contribution in [0.3, 0.4) is 0 Å². The van der Waals surface area contributed by atoms with Crippen molar-refractivity contribution in [2.75, 3.05) is 33.2 Å². The van der Waals surface area contributed by atoms with Crippen molar-refractivity contribution in [3.05, 3.63) is 36.1 Å². The Balaban J connectivity index is 1.36. The number of piperidine rings is 1. The summed E-state index contributed by atoms with van der Waals surface area (Å²) in [5.41, 5.74) is 1.09. The van der Waals surface area contributed by atoms with Crippen molar-refractivity contribution in [2.24, 2.45) is 0 Å². The SMILES string of the molecule is COc1cc2cc(C(=O)N(C)C)oc2cc1-c1ccc(N(C)[C@H]2C[C@@H]3CC[C@H]([C@H]2F)N3C(=O)OC(C)(C)C)nn1. The third-order valence-electron chi connectivity index (χ3n) is 7.64.